The molecule has 178 valence electrons. The number of carbonyl (C=O) groups excluding carboxylic acids is 1. The van der Waals surface area contributed by atoms with Gasteiger partial charge in [0.1, 0.15) is 18.1 Å². The molecule has 5 heteroatoms. The predicted octanol–water partition coefficient (Wildman–Crippen LogP) is 5.65. The fourth-order valence-electron chi connectivity index (χ4n) is 5.12. The highest BCUT2D eigenvalue weighted by molar-refractivity contribution is 5.76. The minimum absolute atomic E-state index is 0.336. The van der Waals surface area contributed by atoms with E-state index < -0.39 is 12.6 Å². The third-order valence-electron chi connectivity index (χ3n) is 6.74. The molecule has 3 aromatic carbocycles. The van der Waals surface area contributed by atoms with Gasteiger partial charge in [-0.1, -0.05) is 85.6 Å². The summed E-state index contributed by atoms with van der Waals surface area (Å²) < 4.78 is 11.8. The molecule has 1 saturated carbocycles. The average Bonchev–Trinajstić information content (AvgIpc) is 3.33. The predicted molar refractivity (Wildman–Crippen MR) is 133 cm³/mol. The van der Waals surface area contributed by atoms with Crippen molar-refractivity contribution in [2.45, 2.75) is 38.0 Å². The molecular formula is C30H28NO4-. The van der Waals surface area contributed by atoms with E-state index in [-0.39, 0.29) is 0 Å². The normalized spacial score (nSPS) is 17.7. The number of ether oxygens (including phenoxy) is 1. The Morgan fingerprint density at radius 1 is 0.914 bits per heavy atom. The largest absolute Gasteiger partial charge is 0.546 e. The van der Waals surface area contributed by atoms with Gasteiger partial charge in [0.2, 0.25) is 0 Å². The van der Waals surface area contributed by atoms with E-state index in [4.69, 9.17) is 14.1 Å². The van der Waals surface area contributed by atoms with Crippen molar-refractivity contribution < 1.29 is 19.1 Å². The second-order valence-electron chi connectivity index (χ2n) is 9.11. The molecule has 0 saturated heterocycles. The number of nitrogens with zero attached hydrogens (tertiary/aromatic N) is 1. The Hall–Kier alpha value is -3.86. The van der Waals surface area contributed by atoms with Gasteiger partial charge >= 0.3 is 0 Å². The van der Waals surface area contributed by atoms with Crippen LogP contribution in [-0.2, 0) is 11.2 Å². The van der Waals surface area contributed by atoms with Crippen LogP contribution in [-0.4, -0.2) is 17.6 Å². The summed E-state index contributed by atoms with van der Waals surface area (Å²) in [7, 11) is 0. The Balaban J connectivity index is 1.43. The van der Waals surface area contributed by atoms with Crippen LogP contribution in [0.2, 0.25) is 0 Å². The van der Waals surface area contributed by atoms with E-state index >= 15 is 0 Å². The molecule has 0 spiro atoms. The summed E-state index contributed by atoms with van der Waals surface area (Å²) in [6.45, 7) is -0.446. The van der Waals surface area contributed by atoms with Gasteiger partial charge in [-0.15, -0.1) is 0 Å². The van der Waals surface area contributed by atoms with Crippen molar-refractivity contribution >= 4 is 5.97 Å². The molecule has 5 nitrogen and oxygen atoms in total. The molecule has 2 atom stereocenters. The zero-order valence-corrected chi connectivity index (χ0v) is 19.6. The summed E-state index contributed by atoms with van der Waals surface area (Å²) in [5, 5.41) is 10.8. The lowest BCUT2D eigenvalue weighted by molar-refractivity contribution is -0.307. The van der Waals surface area contributed by atoms with Gasteiger partial charge in [-0.2, -0.15) is 0 Å². The van der Waals surface area contributed by atoms with E-state index in [0.717, 1.165) is 47.7 Å². The van der Waals surface area contributed by atoms with Gasteiger partial charge < -0.3 is 19.1 Å². The molecule has 0 aliphatic heterocycles. The van der Waals surface area contributed by atoms with Gasteiger partial charge in [0.25, 0.3) is 0 Å². The fraction of sp³-hybridized carbons (Fsp3) is 0.267. The van der Waals surface area contributed by atoms with Crippen LogP contribution in [0.3, 0.4) is 0 Å². The maximum absolute atomic E-state index is 10.8. The van der Waals surface area contributed by atoms with E-state index in [1.165, 1.54) is 18.4 Å². The van der Waals surface area contributed by atoms with Gasteiger partial charge in [0.15, 0.2) is 11.7 Å². The van der Waals surface area contributed by atoms with Crippen LogP contribution < -0.4 is 9.84 Å². The van der Waals surface area contributed by atoms with E-state index in [1.54, 1.807) is 6.07 Å². The summed E-state index contributed by atoms with van der Waals surface area (Å²) in [6.07, 6.45) is 5.27. The summed E-state index contributed by atoms with van der Waals surface area (Å²) >= 11 is 0. The molecule has 0 radical (unpaired) electrons. The molecule has 1 fully saturated rings. The molecule has 2 unspecified atom stereocenters. The highest BCUT2D eigenvalue weighted by atomic mass is 16.5. The number of carboxylic acid groups (broad SMARTS) is 1. The monoisotopic (exact) mass is 466 g/mol. The molecule has 35 heavy (non-hydrogen) atoms. The molecule has 1 heterocycles. The number of rotatable bonds is 8. The maximum atomic E-state index is 10.8. The van der Waals surface area contributed by atoms with Gasteiger partial charge in [-0.3, -0.25) is 0 Å². The van der Waals surface area contributed by atoms with Gasteiger partial charge in [0.05, 0.1) is 5.97 Å². The topological polar surface area (TPSA) is 75.4 Å². The van der Waals surface area contributed by atoms with E-state index in [1.807, 2.05) is 48.5 Å². The molecule has 4 aromatic rings. The van der Waals surface area contributed by atoms with E-state index in [0.29, 0.717) is 17.6 Å². The summed E-state index contributed by atoms with van der Waals surface area (Å²) in [5.74, 6) is 1.61. The highest BCUT2D eigenvalue weighted by Crippen LogP contribution is 2.41. The van der Waals surface area contributed by atoms with E-state index in [9.17, 15) is 9.90 Å². The average molecular weight is 467 g/mol. The zero-order valence-electron chi connectivity index (χ0n) is 19.6. The van der Waals surface area contributed by atoms with Crippen molar-refractivity contribution in [1.29, 1.82) is 0 Å². The number of aromatic nitrogens is 1. The molecule has 5 rings (SSSR count). The van der Waals surface area contributed by atoms with Gasteiger partial charge in [-0.25, -0.2) is 4.98 Å². The standard InChI is InChI=1S/C30H29NO4/c32-28(33)20-34-25-16-9-15-23(18-25)26-17-8-7-14-24(26)19-27-31-29(21-10-3-1-4-11-21)30(35-27)22-12-5-2-6-13-22/h1-6,9-13,15-16,18,24,26H,7-8,14,17,19-20H2,(H,32,33)/p-1. The van der Waals surface area contributed by atoms with Crippen molar-refractivity contribution in [2.75, 3.05) is 6.61 Å². The van der Waals surface area contributed by atoms with Crippen LogP contribution in [0.15, 0.2) is 89.3 Å². The minimum atomic E-state index is -1.22. The number of hydrogen-bond acceptors (Lipinski definition) is 5. The van der Waals surface area contributed by atoms with Crippen molar-refractivity contribution in [2.24, 2.45) is 5.92 Å². The molecule has 1 aliphatic carbocycles. The van der Waals surface area contributed by atoms with Crippen LogP contribution in [0.5, 0.6) is 5.75 Å². The lowest BCUT2D eigenvalue weighted by atomic mass is 9.74. The Morgan fingerprint density at radius 3 is 2.37 bits per heavy atom. The number of hydrogen-bond donors (Lipinski definition) is 0. The Morgan fingerprint density at radius 2 is 1.63 bits per heavy atom. The summed E-state index contributed by atoms with van der Waals surface area (Å²) in [5.41, 5.74) is 4.10. The van der Waals surface area contributed by atoms with Gasteiger partial charge in [-0.05, 0) is 42.4 Å². The van der Waals surface area contributed by atoms with Crippen molar-refractivity contribution in [3.8, 4) is 28.3 Å². The van der Waals surface area contributed by atoms with Crippen LogP contribution in [0.4, 0.5) is 0 Å². The first-order chi connectivity index (χ1) is 17.2. The van der Waals surface area contributed by atoms with E-state index in [2.05, 4.69) is 30.3 Å². The number of aliphatic carboxylic acids is 1. The molecular weight excluding hydrogens is 438 g/mol. The zero-order chi connectivity index (χ0) is 24.0. The maximum Gasteiger partial charge on any atom is 0.195 e. The quantitative estimate of drug-likeness (QED) is 0.335. The smallest absolute Gasteiger partial charge is 0.195 e. The Kier molecular flexibility index (Phi) is 6.94. The van der Waals surface area contributed by atoms with Crippen LogP contribution in [0.1, 0.15) is 43.1 Å². The lowest BCUT2D eigenvalue weighted by Gasteiger charge is -2.31. The summed E-state index contributed by atoms with van der Waals surface area (Å²) in [6, 6.07) is 28.1. The molecule has 1 aliphatic rings. The van der Waals surface area contributed by atoms with Gasteiger partial charge in [0, 0.05) is 17.5 Å². The summed E-state index contributed by atoms with van der Waals surface area (Å²) in [4.78, 5) is 15.8. The van der Waals surface area contributed by atoms with Crippen LogP contribution in [0.25, 0.3) is 22.6 Å². The number of benzene rings is 3. The molecule has 0 N–H and O–H groups in total. The third kappa shape index (κ3) is 5.46. The number of carboxylic acids is 1. The first-order valence-electron chi connectivity index (χ1n) is 12.2. The Bertz CT molecular complexity index is 1210. The SMILES string of the molecule is O=C([O-])COc1cccc(C2CCCCC2Cc2nc(-c3ccccc3)c(-c3ccccc3)o2)c1. The molecule has 0 bridgehead atoms. The fourth-order valence-corrected chi connectivity index (χ4v) is 5.12. The van der Waals surface area contributed by atoms with Crippen LogP contribution >= 0.6 is 0 Å². The first-order valence-corrected chi connectivity index (χ1v) is 12.2. The first kappa shape index (κ1) is 22.9. The molecule has 0 amide bonds. The number of carbonyl (C=O) groups is 1. The van der Waals surface area contributed by atoms with Crippen molar-refractivity contribution in [3.05, 3.63) is 96.4 Å². The lowest BCUT2D eigenvalue weighted by Crippen LogP contribution is -2.29. The van der Waals surface area contributed by atoms with Crippen molar-refractivity contribution in [3.63, 3.8) is 0 Å². The second kappa shape index (κ2) is 10.6. The molecule has 1 aromatic heterocycles. The van der Waals surface area contributed by atoms with Crippen LogP contribution in [0, 0.1) is 5.92 Å². The second-order valence-corrected chi connectivity index (χ2v) is 9.11. The third-order valence-corrected chi connectivity index (χ3v) is 6.74. The minimum Gasteiger partial charge on any atom is -0.546 e. The number of oxazole rings is 1. The Labute approximate surface area is 205 Å². The highest BCUT2D eigenvalue weighted by Gasteiger charge is 2.29. The van der Waals surface area contributed by atoms with Crippen molar-refractivity contribution in [1.82, 2.24) is 4.98 Å².